The molecule has 0 bridgehead atoms. The Morgan fingerprint density at radius 2 is 1.95 bits per heavy atom. The summed E-state index contributed by atoms with van der Waals surface area (Å²) in [6.07, 6.45) is -3.24. The second-order valence-electron chi connectivity index (χ2n) is 4.49. The Hall–Kier alpha value is -2.35. The molecule has 3 N–H and O–H groups in total. The van der Waals surface area contributed by atoms with E-state index in [-0.39, 0.29) is 5.56 Å². The van der Waals surface area contributed by atoms with Crippen molar-refractivity contribution in [3.8, 4) is 0 Å². The number of nitrogens with zero attached hydrogens (tertiary/aromatic N) is 2. The van der Waals surface area contributed by atoms with Crippen LogP contribution in [0.25, 0.3) is 10.8 Å². The van der Waals surface area contributed by atoms with E-state index in [1.807, 2.05) is 0 Å². The van der Waals surface area contributed by atoms with Crippen LogP contribution in [0.5, 0.6) is 0 Å². The summed E-state index contributed by atoms with van der Waals surface area (Å²) in [7, 11) is 1.10. The molecule has 5 nitrogen and oxygen atoms in total. The Balaban J connectivity index is 2.45. The highest BCUT2D eigenvalue weighted by atomic mass is 19.4. The second-order valence-corrected chi connectivity index (χ2v) is 4.49. The Labute approximate surface area is 118 Å². The maximum atomic E-state index is 12.4. The molecule has 2 rings (SSSR count). The molecule has 1 aromatic carbocycles. The topological polar surface area (TPSA) is 71.2 Å². The number of halogens is 3. The Kier molecular flexibility index (Phi) is 3.99. The summed E-state index contributed by atoms with van der Waals surface area (Å²) in [5.74, 6) is 4.93. The van der Waals surface area contributed by atoms with Gasteiger partial charge in [-0.3, -0.25) is 4.79 Å². The van der Waals surface area contributed by atoms with E-state index in [0.29, 0.717) is 21.5 Å². The normalized spacial score (nSPS) is 11.5. The lowest BCUT2D eigenvalue weighted by molar-refractivity contribution is -0.138. The van der Waals surface area contributed by atoms with Crippen molar-refractivity contribution in [1.29, 1.82) is 0 Å². The third-order valence-corrected chi connectivity index (χ3v) is 2.93. The fourth-order valence-electron chi connectivity index (χ4n) is 2.02. The van der Waals surface area contributed by atoms with Crippen molar-refractivity contribution in [3.05, 3.63) is 36.0 Å². The van der Waals surface area contributed by atoms with Gasteiger partial charge in [-0.15, -0.1) is 0 Å². The number of hydrogen-bond acceptors (Lipinski definition) is 4. The lowest BCUT2D eigenvalue weighted by Gasteiger charge is -2.20. The molecule has 21 heavy (non-hydrogen) atoms. The lowest BCUT2D eigenvalue weighted by atomic mass is 10.1. The Morgan fingerprint density at radius 3 is 2.52 bits per heavy atom. The molecule has 1 aromatic heterocycles. The molecule has 0 unspecified atom stereocenters. The number of hydrazine groups is 1. The highest BCUT2D eigenvalue weighted by Crippen LogP contribution is 2.25. The van der Waals surface area contributed by atoms with Gasteiger partial charge in [-0.25, -0.2) is 10.8 Å². The van der Waals surface area contributed by atoms with E-state index >= 15 is 0 Å². The van der Waals surface area contributed by atoms with Crippen LogP contribution in [0.4, 0.5) is 19.0 Å². The highest BCUT2D eigenvalue weighted by Gasteiger charge is 2.32. The molecule has 1 heterocycles. The molecule has 0 aliphatic carbocycles. The molecule has 0 radical (unpaired) electrons. The molecule has 0 fully saturated rings. The number of carbonyl (C=O) groups excluding carboxylic acids is 1. The number of pyridine rings is 1. The van der Waals surface area contributed by atoms with E-state index in [1.165, 1.54) is 6.20 Å². The molecule has 0 saturated carbocycles. The van der Waals surface area contributed by atoms with Crippen LogP contribution >= 0.6 is 0 Å². The third kappa shape index (κ3) is 3.22. The minimum Gasteiger partial charge on any atom is -0.333 e. The standard InChI is InChI=1S/C13H13F3N4O/c1-20(7-13(14,15)16)12(21)10-6-18-11(19-17)9-5-3-2-4-8(9)10/h2-6H,7,17H2,1H3,(H,18,19). The van der Waals surface area contributed by atoms with Gasteiger partial charge < -0.3 is 10.3 Å². The zero-order chi connectivity index (χ0) is 15.6. The fraction of sp³-hybridized carbons (Fsp3) is 0.231. The molecule has 2 aromatic rings. The van der Waals surface area contributed by atoms with Crippen LogP contribution in [0.3, 0.4) is 0 Å². The molecule has 8 heteroatoms. The zero-order valence-electron chi connectivity index (χ0n) is 11.1. The number of aromatic nitrogens is 1. The summed E-state index contributed by atoms with van der Waals surface area (Å²) in [6, 6.07) is 6.71. The molecular weight excluding hydrogens is 285 g/mol. The van der Waals surface area contributed by atoms with E-state index in [9.17, 15) is 18.0 Å². The molecule has 0 spiro atoms. The van der Waals surface area contributed by atoms with Crippen molar-refractivity contribution in [1.82, 2.24) is 9.88 Å². The van der Waals surface area contributed by atoms with Gasteiger partial charge in [0.25, 0.3) is 5.91 Å². The molecule has 112 valence electrons. The summed E-state index contributed by atoms with van der Waals surface area (Å²) in [5, 5.41) is 1.05. The number of nitrogens with one attached hydrogen (secondary N) is 1. The minimum absolute atomic E-state index is 0.0938. The average Bonchev–Trinajstić information content (AvgIpc) is 2.43. The summed E-state index contributed by atoms with van der Waals surface area (Å²) >= 11 is 0. The Morgan fingerprint density at radius 1 is 1.33 bits per heavy atom. The monoisotopic (exact) mass is 298 g/mol. The van der Waals surface area contributed by atoms with Gasteiger partial charge in [-0.1, -0.05) is 24.3 Å². The van der Waals surface area contributed by atoms with Crippen LogP contribution in [0.2, 0.25) is 0 Å². The first-order valence-corrected chi connectivity index (χ1v) is 6.00. The van der Waals surface area contributed by atoms with Crippen LogP contribution in [0.15, 0.2) is 30.5 Å². The van der Waals surface area contributed by atoms with Crippen molar-refractivity contribution in [3.63, 3.8) is 0 Å². The van der Waals surface area contributed by atoms with Gasteiger partial charge in [0.05, 0.1) is 5.56 Å². The van der Waals surface area contributed by atoms with Crippen LogP contribution in [-0.2, 0) is 0 Å². The third-order valence-electron chi connectivity index (χ3n) is 2.93. The first-order valence-electron chi connectivity index (χ1n) is 6.00. The SMILES string of the molecule is CN(CC(F)(F)F)C(=O)c1cnc(NN)c2ccccc12. The molecule has 0 aliphatic heterocycles. The van der Waals surface area contributed by atoms with E-state index in [1.54, 1.807) is 24.3 Å². The number of rotatable bonds is 3. The number of hydrogen-bond donors (Lipinski definition) is 2. The van der Waals surface area contributed by atoms with Crippen molar-refractivity contribution in [2.45, 2.75) is 6.18 Å². The van der Waals surface area contributed by atoms with E-state index in [0.717, 1.165) is 7.05 Å². The predicted octanol–water partition coefficient (Wildman–Crippen LogP) is 2.15. The number of nitrogen functional groups attached to an aromatic ring is 1. The van der Waals surface area contributed by atoms with Gasteiger partial charge in [0.1, 0.15) is 12.4 Å². The number of anilines is 1. The van der Waals surface area contributed by atoms with Crippen molar-refractivity contribution in [2.24, 2.45) is 5.84 Å². The van der Waals surface area contributed by atoms with Gasteiger partial charge in [-0.2, -0.15) is 13.2 Å². The number of benzene rings is 1. The van der Waals surface area contributed by atoms with Crippen molar-refractivity contribution in [2.75, 3.05) is 19.0 Å². The second kappa shape index (κ2) is 5.57. The van der Waals surface area contributed by atoms with Gasteiger partial charge in [0.2, 0.25) is 0 Å². The first-order chi connectivity index (χ1) is 9.83. The highest BCUT2D eigenvalue weighted by molar-refractivity contribution is 6.09. The first kappa shape index (κ1) is 15.0. The van der Waals surface area contributed by atoms with E-state index in [2.05, 4.69) is 10.4 Å². The number of amides is 1. The van der Waals surface area contributed by atoms with Crippen LogP contribution in [-0.4, -0.2) is 35.6 Å². The zero-order valence-corrected chi connectivity index (χ0v) is 11.1. The number of carbonyl (C=O) groups is 1. The van der Waals surface area contributed by atoms with Crippen molar-refractivity contribution >= 4 is 22.5 Å². The van der Waals surface area contributed by atoms with Crippen LogP contribution in [0.1, 0.15) is 10.4 Å². The summed E-state index contributed by atoms with van der Waals surface area (Å²) in [4.78, 5) is 16.7. The molecular formula is C13H13F3N4O. The maximum absolute atomic E-state index is 12.4. The summed E-state index contributed by atoms with van der Waals surface area (Å²) in [5.41, 5.74) is 2.48. The average molecular weight is 298 g/mol. The smallest absolute Gasteiger partial charge is 0.333 e. The molecule has 0 aliphatic rings. The summed E-state index contributed by atoms with van der Waals surface area (Å²) < 4.78 is 37.1. The van der Waals surface area contributed by atoms with Gasteiger partial charge in [-0.05, 0) is 5.39 Å². The maximum Gasteiger partial charge on any atom is 0.406 e. The molecule has 0 saturated heterocycles. The fourth-order valence-corrected chi connectivity index (χ4v) is 2.02. The number of nitrogens with two attached hydrogens (primary N) is 1. The lowest BCUT2D eigenvalue weighted by Crippen LogP contribution is -2.36. The largest absolute Gasteiger partial charge is 0.406 e. The van der Waals surface area contributed by atoms with Crippen LogP contribution in [0, 0.1) is 0 Å². The van der Waals surface area contributed by atoms with E-state index in [4.69, 9.17) is 5.84 Å². The van der Waals surface area contributed by atoms with Gasteiger partial charge in [0, 0.05) is 18.6 Å². The number of alkyl halides is 3. The minimum atomic E-state index is -4.45. The molecule has 0 atom stereocenters. The van der Waals surface area contributed by atoms with Crippen LogP contribution < -0.4 is 11.3 Å². The Bertz CT molecular complexity index is 672. The van der Waals surface area contributed by atoms with Gasteiger partial charge >= 0.3 is 6.18 Å². The molecule has 1 amide bonds. The van der Waals surface area contributed by atoms with E-state index < -0.39 is 18.6 Å². The quantitative estimate of drug-likeness (QED) is 0.673. The summed E-state index contributed by atoms with van der Waals surface area (Å²) in [6.45, 7) is -1.32. The number of fused-ring (bicyclic) bond motifs is 1. The predicted molar refractivity (Wildman–Crippen MR) is 72.6 cm³/mol. The van der Waals surface area contributed by atoms with Crippen molar-refractivity contribution < 1.29 is 18.0 Å². The van der Waals surface area contributed by atoms with Gasteiger partial charge in [0.15, 0.2) is 0 Å².